The first-order valence-electron chi connectivity index (χ1n) is 8.66. The SMILES string of the molecule is O=C(COc1ccc(Br)cc1[C@H]1CC(=O)Nc2ncnn21)Nc1ccc(F)cc1. The molecule has 1 atom stereocenters. The number of rotatable bonds is 5. The summed E-state index contributed by atoms with van der Waals surface area (Å²) in [6.45, 7) is -0.255. The minimum atomic E-state index is -0.422. The Hall–Kier alpha value is -3.27. The highest BCUT2D eigenvalue weighted by Crippen LogP contribution is 2.36. The summed E-state index contributed by atoms with van der Waals surface area (Å²) in [5.41, 5.74) is 1.16. The van der Waals surface area contributed by atoms with Crippen LogP contribution in [0.2, 0.25) is 0 Å². The lowest BCUT2D eigenvalue weighted by molar-refractivity contribution is -0.118. The second-order valence-electron chi connectivity index (χ2n) is 6.32. The number of nitrogens with one attached hydrogen (secondary N) is 2. The molecule has 2 N–H and O–H groups in total. The van der Waals surface area contributed by atoms with Crippen molar-refractivity contribution < 1.29 is 18.7 Å². The average Bonchev–Trinajstić information content (AvgIpc) is 3.16. The van der Waals surface area contributed by atoms with Crippen molar-refractivity contribution in [2.24, 2.45) is 0 Å². The molecule has 3 aromatic rings. The van der Waals surface area contributed by atoms with E-state index in [1.807, 2.05) is 6.07 Å². The normalized spacial score (nSPS) is 15.4. The van der Waals surface area contributed by atoms with Crippen LogP contribution in [0, 0.1) is 5.82 Å². The molecule has 1 aromatic heterocycles. The Morgan fingerprint density at radius 3 is 2.90 bits per heavy atom. The maximum Gasteiger partial charge on any atom is 0.262 e. The van der Waals surface area contributed by atoms with Gasteiger partial charge in [-0.2, -0.15) is 10.1 Å². The maximum atomic E-state index is 13.0. The smallest absolute Gasteiger partial charge is 0.262 e. The maximum absolute atomic E-state index is 13.0. The summed E-state index contributed by atoms with van der Waals surface area (Å²) < 4.78 is 21.1. The van der Waals surface area contributed by atoms with E-state index in [0.717, 1.165) is 4.47 Å². The monoisotopic (exact) mass is 459 g/mol. The fraction of sp³-hybridized carbons (Fsp3) is 0.158. The van der Waals surface area contributed by atoms with Gasteiger partial charge in [-0.25, -0.2) is 9.07 Å². The number of fused-ring (bicyclic) bond motifs is 1. The quantitative estimate of drug-likeness (QED) is 0.610. The lowest BCUT2D eigenvalue weighted by Gasteiger charge is -2.25. The molecule has 0 saturated heterocycles. The van der Waals surface area contributed by atoms with Gasteiger partial charge in [0, 0.05) is 15.7 Å². The predicted octanol–water partition coefficient (Wildman–Crippen LogP) is 3.13. The second-order valence-corrected chi connectivity index (χ2v) is 7.24. The van der Waals surface area contributed by atoms with Crippen molar-refractivity contribution in [3.05, 3.63) is 64.6 Å². The molecule has 29 heavy (non-hydrogen) atoms. The summed E-state index contributed by atoms with van der Waals surface area (Å²) in [6, 6.07) is 10.3. The van der Waals surface area contributed by atoms with Gasteiger partial charge in [-0.05, 0) is 42.5 Å². The van der Waals surface area contributed by atoms with Crippen molar-refractivity contribution in [2.45, 2.75) is 12.5 Å². The molecule has 148 valence electrons. The zero-order valence-corrected chi connectivity index (χ0v) is 16.5. The second kappa shape index (κ2) is 8.00. The molecular formula is C19H15BrFN5O3. The van der Waals surface area contributed by atoms with Gasteiger partial charge in [0.2, 0.25) is 11.9 Å². The summed E-state index contributed by atoms with van der Waals surface area (Å²) in [6.07, 6.45) is 1.52. The topological polar surface area (TPSA) is 98.1 Å². The summed E-state index contributed by atoms with van der Waals surface area (Å²) >= 11 is 3.43. The Morgan fingerprint density at radius 1 is 1.31 bits per heavy atom. The number of hydrogen-bond donors (Lipinski definition) is 2. The Kier molecular flexibility index (Phi) is 5.26. The molecule has 2 amide bonds. The van der Waals surface area contributed by atoms with Crippen molar-refractivity contribution in [3.8, 4) is 5.75 Å². The first-order chi connectivity index (χ1) is 14.0. The van der Waals surface area contributed by atoms with E-state index in [4.69, 9.17) is 4.74 Å². The van der Waals surface area contributed by atoms with E-state index >= 15 is 0 Å². The molecule has 0 unspecified atom stereocenters. The lowest BCUT2D eigenvalue weighted by atomic mass is 10.0. The fourth-order valence-corrected chi connectivity index (χ4v) is 3.41. The molecule has 10 heteroatoms. The predicted molar refractivity (Wildman–Crippen MR) is 106 cm³/mol. The average molecular weight is 460 g/mol. The highest BCUT2D eigenvalue weighted by molar-refractivity contribution is 9.10. The van der Waals surface area contributed by atoms with E-state index in [1.54, 1.807) is 16.8 Å². The zero-order chi connectivity index (χ0) is 20.4. The van der Waals surface area contributed by atoms with Crippen LogP contribution in [-0.2, 0) is 9.59 Å². The van der Waals surface area contributed by atoms with Gasteiger partial charge in [0.25, 0.3) is 5.91 Å². The van der Waals surface area contributed by atoms with Crippen LogP contribution in [0.25, 0.3) is 0 Å². The Bertz CT molecular complexity index is 1070. The van der Waals surface area contributed by atoms with Gasteiger partial charge in [0.1, 0.15) is 17.9 Å². The third-order valence-corrected chi connectivity index (χ3v) is 4.81. The molecule has 4 rings (SSSR count). The summed E-state index contributed by atoms with van der Waals surface area (Å²) in [7, 11) is 0. The highest BCUT2D eigenvalue weighted by Gasteiger charge is 2.30. The van der Waals surface area contributed by atoms with Crippen molar-refractivity contribution >= 4 is 39.4 Å². The molecule has 2 heterocycles. The van der Waals surface area contributed by atoms with Gasteiger partial charge in [0.15, 0.2) is 6.61 Å². The zero-order valence-electron chi connectivity index (χ0n) is 14.9. The van der Waals surface area contributed by atoms with Crippen LogP contribution in [0.15, 0.2) is 53.3 Å². The van der Waals surface area contributed by atoms with Gasteiger partial charge in [-0.3, -0.25) is 14.9 Å². The minimum absolute atomic E-state index is 0.158. The third-order valence-electron chi connectivity index (χ3n) is 4.32. The van der Waals surface area contributed by atoms with Gasteiger partial charge < -0.3 is 10.1 Å². The Labute approximate surface area is 173 Å². The van der Waals surface area contributed by atoms with Crippen LogP contribution < -0.4 is 15.4 Å². The Morgan fingerprint density at radius 2 is 2.10 bits per heavy atom. The Balaban J connectivity index is 1.53. The summed E-state index contributed by atoms with van der Waals surface area (Å²) in [5.74, 6) is -0.165. The molecule has 0 bridgehead atoms. The van der Waals surface area contributed by atoms with Crippen LogP contribution in [0.4, 0.5) is 16.0 Å². The number of ether oxygens (including phenoxy) is 1. The summed E-state index contributed by atoms with van der Waals surface area (Å²) in [5, 5.41) is 9.49. The van der Waals surface area contributed by atoms with Crippen LogP contribution >= 0.6 is 15.9 Å². The first-order valence-corrected chi connectivity index (χ1v) is 9.46. The van der Waals surface area contributed by atoms with Crippen LogP contribution in [0.3, 0.4) is 0 Å². The molecule has 8 nitrogen and oxygen atoms in total. The molecule has 0 fully saturated rings. The van der Waals surface area contributed by atoms with Crippen LogP contribution in [-0.4, -0.2) is 33.2 Å². The third kappa shape index (κ3) is 4.27. The number of carbonyl (C=O) groups is 2. The molecule has 0 aliphatic carbocycles. The highest BCUT2D eigenvalue weighted by atomic mass is 79.9. The minimum Gasteiger partial charge on any atom is -0.483 e. The van der Waals surface area contributed by atoms with E-state index in [-0.39, 0.29) is 24.8 Å². The number of nitrogens with zero attached hydrogens (tertiary/aromatic N) is 3. The first kappa shape index (κ1) is 19.1. The number of carbonyl (C=O) groups excluding carboxylic acids is 2. The lowest BCUT2D eigenvalue weighted by Crippen LogP contribution is -2.30. The molecule has 0 radical (unpaired) electrons. The fourth-order valence-electron chi connectivity index (χ4n) is 3.03. The van der Waals surface area contributed by atoms with E-state index in [9.17, 15) is 14.0 Å². The largest absolute Gasteiger partial charge is 0.483 e. The van der Waals surface area contributed by atoms with Crippen molar-refractivity contribution in [1.82, 2.24) is 14.8 Å². The van der Waals surface area contributed by atoms with Gasteiger partial charge in [-0.15, -0.1) is 0 Å². The van der Waals surface area contributed by atoms with Crippen molar-refractivity contribution in [1.29, 1.82) is 0 Å². The van der Waals surface area contributed by atoms with Crippen molar-refractivity contribution in [3.63, 3.8) is 0 Å². The molecule has 0 spiro atoms. The molecular weight excluding hydrogens is 445 g/mol. The van der Waals surface area contributed by atoms with Crippen LogP contribution in [0.1, 0.15) is 18.0 Å². The molecule has 1 aliphatic heterocycles. The number of halogens is 2. The van der Waals surface area contributed by atoms with Crippen molar-refractivity contribution in [2.75, 3.05) is 17.2 Å². The number of hydrogen-bond acceptors (Lipinski definition) is 5. The van der Waals surface area contributed by atoms with Gasteiger partial charge in [-0.1, -0.05) is 15.9 Å². The van der Waals surface area contributed by atoms with E-state index in [0.29, 0.717) is 22.9 Å². The van der Waals surface area contributed by atoms with E-state index in [1.165, 1.54) is 30.6 Å². The number of aromatic nitrogens is 3. The number of amides is 2. The molecule has 2 aromatic carbocycles. The summed E-state index contributed by atoms with van der Waals surface area (Å²) in [4.78, 5) is 28.3. The number of anilines is 2. The van der Waals surface area contributed by atoms with Gasteiger partial charge in [0.05, 0.1) is 12.5 Å². The number of benzene rings is 2. The van der Waals surface area contributed by atoms with E-state index < -0.39 is 11.9 Å². The van der Waals surface area contributed by atoms with Gasteiger partial charge >= 0.3 is 0 Å². The van der Waals surface area contributed by atoms with E-state index in [2.05, 4.69) is 36.6 Å². The molecule has 1 aliphatic rings. The van der Waals surface area contributed by atoms with Crippen LogP contribution in [0.5, 0.6) is 5.75 Å². The molecule has 0 saturated carbocycles. The standard InChI is InChI=1S/C19H15BrFN5O3/c20-11-1-6-16(29-9-18(28)24-13-4-2-12(21)3-5-13)14(7-11)15-8-17(27)25-19-22-10-23-26(15)19/h1-7,10,15H,8-9H2,(H,24,28)(H,22,23,25,27)/t15-/m1/s1.